The molecular formula is C17H13ClN2O3S. The van der Waals surface area contributed by atoms with Gasteiger partial charge in [0.05, 0.1) is 0 Å². The average Bonchev–Trinajstić information content (AvgIpc) is 3.09. The molecule has 0 aliphatic heterocycles. The normalized spacial score (nSPS) is 10.5. The third kappa shape index (κ3) is 4.59. The minimum Gasteiger partial charge on any atom is -0.460 e. The summed E-state index contributed by atoms with van der Waals surface area (Å²) in [6, 6.07) is 16.6. The van der Waals surface area contributed by atoms with Gasteiger partial charge in [0.2, 0.25) is 5.89 Å². The molecule has 24 heavy (non-hydrogen) atoms. The molecular weight excluding hydrogens is 348 g/mol. The van der Waals surface area contributed by atoms with E-state index in [1.165, 1.54) is 0 Å². The van der Waals surface area contributed by atoms with E-state index in [0.717, 1.165) is 22.9 Å². The second kappa shape index (κ2) is 7.99. The third-order valence-electron chi connectivity index (χ3n) is 3.05. The van der Waals surface area contributed by atoms with Crippen LogP contribution in [0.2, 0.25) is 5.02 Å². The maximum atomic E-state index is 11.8. The van der Waals surface area contributed by atoms with Crippen molar-refractivity contribution in [2.75, 3.05) is 5.75 Å². The van der Waals surface area contributed by atoms with Crippen molar-refractivity contribution in [3.05, 3.63) is 65.2 Å². The Bertz CT molecular complexity index is 806. The van der Waals surface area contributed by atoms with Crippen LogP contribution in [0.5, 0.6) is 0 Å². The first kappa shape index (κ1) is 16.5. The van der Waals surface area contributed by atoms with E-state index in [9.17, 15) is 4.79 Å². The average molecular weight is 361 g/mol. The van der Waals surface area contributed by atoms with Crippen LogP contribution in [0, 0.1) is 0 Å². The molecule has 0 N–H and O–H groups in total. The Morgan fingerprint density at radius 3 is 2.58 bits per heavy atom. The van der Waals surface area contributed by atoms with Crippen LogP contribution in [-0.4, -0.2) is 21.9 Å². The number of rotatable bonds is 6. The lowest BCUT2D eigenvalue weighted by atomic mass is 10.2. The molecule has 0 spiro atoms. The molecule has 3 rings (SSSR count). The summed E-state index contributed by atoms with van der Waals surface area (Å²) in [5, 5.41) is 8.82. The van der Waals surface area contributed by atoms with E-state index in [1.807, 2.05) is 30.3 Å². The topological polar surface area (TPSA) is 65.2 Å². The molecule has 5 nitrogen and oxygen atoms in total. The summed E-state index contributed by atoms with van der Waals surface area (Å²) in [5.74, 6) is 0.150. The van der Waals surface area contributed by atoms with E-state index in [4.69, 9.17) is 20.8 Å². The SMILES string of the molecule is O=C(CSc1nnc(-c2ccc(Cl)cc2)o1)OCc1ccccc1. The second-order valence-electron chi connectivity index (χ2n) is 4.81. The molecule has 0 unspecified atom stereocenters. The molecule has 0 aliphatic carbocycles. The predicted octanol–water partition coefficient (Wildman–Crippen LogP) is 4.23. The molecule has 0 saturated carbocycles. The van der Waals surface area contributed by atoms with Gasteiger partial charge in [0.15, 0.2) is 0 Å². The molecule has 2 aromatic carbocycles. The molecule has 0 radical (unpaired) electrons. The van der Waals surface area contributed by atoms with Crippen LogP contribution < -0.4 is 0 Å². The van der Waals surface area contributed by atoms with Gasteiger partial charge in [-0.05, 0) is 29.8 Å². The summed E-state index contributed by atoms with van der Waals surface area (Å²) >= 11 is 6.98. The van der Waals surface area contributed by atoms with E-state index in [-0.39, 0.29) is 18.3 Å². The van der Waals surface area contributed by atoms with Crippen molar-refractivity contribution in [1.82, 2.24) is 10.2 Å². The summed E-state index contributed by atoms with van der Waals surface area (Å²) in [4.78, 5) is 11.8. The first-order valence-corrected chi connectivity index (χ1v) is 8.49. The lowest BCUT2D eigenvalue weighted by molar-refractivity contribution is -0.141. The number of ether oxygens (including phenoxy) is 1. The number of carbonyl (C=O) groups excluding carboxylic acids is 1. The smallest absolute Gasteiger partial charge is 0.316 e. The predicted molar refractivity (Wildman–Crippen MR) is 91.7 cm³/mol. The quantitative estimate of drug-likeness (QED) is 0.484. The molecule has 0 bridgehead atoms. The maximum Gasteiger partial charge on any atom is 0.316 e. The van der Waals surface area contributed by atoms with Gasteiger partial charge < -0.3 is 9.15 Å². The van der Waals surface area contributed by atoms with Crippen molar-refractivity contribution in [3.8, 4) is 11.5 Å². The van der Waals surface area contributed by atoms with Gasteiger partial charge in [-0.25, -0.2) is 0 Å². The summed E-state index contributed by atoms with van der Waals surface area (Å²) in [7, 11) is 0. The van der Waals surface area contributed by atoms with Crippen molar-refractivity contribution >= 4 is 29.3 Å². The largest absolute Gasteiger partial charge is 0.460 e. The standard InChI is InChI=1S/C17H13ClN2O3S/c18-14-8-6-13(7-9-14)16-19-20-17(23-16)24-11-15(21)22-10-12-4-2-1-3-5-12/h1-9H,10-11H2. The van der Waals surface area contributed by atoms with Crippen molar-refractivity contribution < 1.29 is 13.9 Å². The van der Waals surface area contributed by atoms with Gasteiger partial charge in [0, 0.05) is 10.6 Å². The summed E-state index contributed by atoms with van der Waals surface area (Å²) in [5.41, 5.74) is 1.71. The summed E-state index contributed by atoms with van der Waals surface area (Å²) in [6.07, 6.45) is 0. The van der Waals surface area contributed by atoms with Gasteiger partial charge in [-0.2, -0.15) is 0 Å². The van der Waals surface area contributed by atoms with Crippen LogP contribution in [0.1, 0.15) is 5.56 Å². The first-order chi connectivity index (χ1) is 11.7. The molecule has 3 aromatic rings. The van der Waals surface area contributed by atoms with Crippen LogP contribution >= 0.6 is 23.4 Å². The lowest BCUT2D eigenvalue weighted by Gasteiger charge is -2.03. The molecule has 0 saturated heterocycles. The molecule has 0 amide bonds. The molecule has 0 atom stereocenters. The van der Waals surface area contributed by atoms with Crippen molar-refractivity contribution in [3.63, 3.8) is 0 Å². The zero-order valence-corrected chi connectivity index (χ0v) is 14.1. The zero-order chi connectivity index (χ0) is 16.8. The Morgan fingerprint density at radius 1 is 1.08 bits per heavy atom. The van der Waals surface area contributed by atoms with E-state index in [0.29, 0.717) is 16.1 Å². The number of hydrogen-bond donors (Lipinski definition) is 0. The van der Waals surface area contributed by atoms with Gasteiger partial charge in [0.1, 0.15) is 12.4 Å². The van der Waals surface area contributed by atoms with Crippen molar-refractivity contribution in [2.24, 2.45) is 0 Å². The number of benzene rings is 2. The van der Waals surface area contributed by atoms with Gasteiger partial charge in [-0.3, -0.25) is 4.79 Å². The maximum absolute atomic E-state index is 11.8. The number of nitrogens with zero attached hydrogens (tertiary/aromatic N) is 2. The number of thioether (sulfide) groups is 1. The minimum absolute atomic E-state index is 0.106. The highest BCUT2D eigenvalue weighted by Gasteiger charge is 2.12. The van der Waals surface area contributed by atoms with Crippen molar-refractivity contribution in [1.29, 1.82) is 0 Å². The molecule has 1 aromatic heterocycles. The Balaban J connectivity index is 1.50. The van der Waals surface area contributed by atoms with Crippen LogP contribution in [0.25, 0.3) is 11.5 Å². The highest BCUT2D eigenvalue weighted by atomic mass is 35.5. The van der Waals surface area contributed by atoms with E-state index >= 15 is 0 Å². The fraction of sp³-hybridized carbons (Fsp3) is 0.118. The number of esters is 1. The summed E-state index contributed by atoms with van der Waals surface area (Å²) in [6.45, 7) is 0.250. The summed E-state index contributed by atoms with van der Waals surface area (Å²) < 4.78 is 10.7. The van der Waals surface area contributed by atoms with Crippen LogP contribution in [0.15, 0.2) is 64.2 Å². The first-order valence-electron chi connectivity index (χ1n) is 7.12. The lowest BCUT2D eigenvalue weighted by Crippen LogP contribution is -2.07. The van der Waals surface area contributed by atoms with Crippen LogP contribution in [0.3, 0.4) is 0 Å². The molecule has 122 valence electrons. The van der Waals surface area contributed by atoms with E-state index < -0.39 is 0 Å². The second-order valence-corrected chi connectivity index (χ2v) is 6.18. The Hall–Kier alpha value is -2.31. The Labute approximate surface area is 148 Å². The minimum atomic E-state index is -0.338. The van der Waals surface area contributed by atoms with Gasteiger partial charge in [-0.1, -0.05) is 53.7 Å². The highest BCUT2D eigenvalue weighted by molar-refractivity contribution is 7.99. The van der Waals surface area contributed by atoms with Gasteiger partial charge in [0.25, 0.3) is 5.22 Å². The molecule has 7 heteroatoms. The third-order valence-corrected chi connectivity index (χ3v) is 4.10. The fourth-order valence-electron chi connectivity index (χ4n) is 1.88. The van der Waals surface area contributed by atoms with Crippen LogP contribution in [0.4, 0.5) is 0 Å². The van der Waals surface area contributed by atoms with Gasteiger partial charge in [-0.15, -0.1) is 10.2 Å². The van der Waals surface area contributed by atoms with Crippen LogP contribution in [-0.2, 0) is 16.1 Å². The highest BCUT2D eigenvalue weighted by Crippen LogP contribution is 2.24. The number of hydrogen-bond acceptors (Lipinski definition) is 6. The monoisotopic (exact) mass is 360 g/mol. The zero-order valence-electron chi connectivity index (χ0n) is 12.5. The number of halogens is 1. The Morgan fingerprint density at radius 2 is 1.83 bits per heavy atom. The molecule has 0 aliphatic rings. The van der Waals surface area contributed by atoms with E-state index in [2.05, 4.69) is 10.2 Å². The fourth-order valence-corrected chi connectivity index (χ4v) is 2.56. The Kier molecular flexibility index (Phi) is 5.51. The van der Waals surface area contributed by atoms with Crippen molar-refractivity contribution in [2.45, 2.75) is 11.8 Å². The van der Waals surface area contributed by atoms with Gasteiger partial charge >= 0.3 is 5.97 Å². The number of aromatic nitrogens is 2. The molecule has 1 heterocycles. The molecule has 0 fully saturated rings. The number of carbonyl (C=O) groups is 1. The van der Waals surface area contributed by atoms with E-state index in [1.54, 1.807) is 24.3 Å².